The number of aromatic nitrogens is 1. The average Bonchev–Trinajstić information content (AvgIpc) is 3.10. The second-order valence-corrected chi connectivity index (χ2v) is 5.88. The summed E-state index contributed by atoms with van der Waals surface area (Å²) in [5.74, 6) is -0.946. The standard InChI is InChI=1S/C19H22N2O4/c1-4-12(2)15-7-5-6-8-16(15)21-18(23)11-25-19(24)17-9-14(10-20-17)13(3)22/h5-10,12,20H,4,11H2,1-3H3,(H,21,23)/t12-/m0/s1. The predicted octanol–water partition coefficient (Wildman–Crippen LogP) is 3.53. The monoisotopic (exact) mass is 342 g/mol. The molecule has 6 heteroatoms. The fourth-order valence-corrected chi connectivity index (χ4v) is 2.37. The molecule has 1 atom stereocenters. The van der Waals surface area contributed by atoms with Crippen molar-refractivity contribution in [3.63, 3.8) is 0 Å². The molecule has 1 aromatic heterocycles. The molecule has 1 heterocycles. The fraction of sp³-hybridized carbons (Fsp3) is 0.316. The zero-order chi connectivity index (χ0) is 18.4. The molecule has 0 bridgehead atoms. The number of carbonyl (C=O) groups excluding carboxylic acids is 3. The Morgan fingerprint density at radius 1 is 1.24 bits per heavy atom. The molecule has 0 saturated heterocycles. The van der Waals surface area contributed by atoms with E-state index in [9.17, 15) is 14.4 Å². The highest BCUT2D eigenvalue weighted by Gasteiger charge is 2.15. The van der Waals surface area contributed by atoms with Crippen molar-refractivity contribution in [1.29, 1.82) is 0 Å². The van der Waals surface area contributed by atoms with E-state index in [2.05, 4.69) is 24.1 Å². The van der Waals surface area contributed by atoms with Gasteiger partial charge >= 0.3 is 5.97 Å². The molecule has 0 aliphatic heterocycles. The van der Waals surface area contributed by atoms with E-state index in [1.165, 1.54) is 19.2 Å². The number of esters is 1. The molecule has 0 aliphatic rings. The summed E-state index contributed by atoms with van der Waals surface area (Å²) in [5, 5.41) is 2.78. The number of rotatable bonds is 7. The smallest absolute Gasteiger partial charge is 0.355 e. The Morgan fingerprint density at radius 3 is 2.60 bits per heavy atom. The minimum absolute atomic E-state index is 0.137. The molecule has 0 spiro atoms. The fourth-order valence-electron chi connectivity index (χ4n) is 2.37. The number of Topliss-reactive ketones (excluding diaryl/α,β-unsaturated/α-hetero) is 1. The van der Waals surface area contributed by atoms with Gasteiger partial charge in [-0.2, -0.15) is 0 Å². The largest absolute Gasteiger partial charge is 0.451 e. The van der Waals surface area contributed by atoms with Crippen LogP contribution in [-0.4, -0.2) is 29.3 Å². The first kappa shape index (κ1) is 18.4. The minimum Gasteiger partial charge on any atom is -0.451 e. The zero-order valence-corrected chi connectivity index (χ0v) is 14.6. The van der Waals surface area contributed by atoms with Crippen molar-refractivity contribution in [1.82, 2.24) is 4.98 Å². The molecule has 2 aromatic rings. The molecule has 0 fully saturated rings. The number of anilines is 1. The van der Waals surface area contributed by atoms with Crippen molar-refractivity contribution in [2.24, 2.45) is 0 Å². The first-order chi connectivity index (χ1) is 11.9. The van der Waals surface area contributed by atoms with Crippen molar-refractivity contribution in [2.45, 2.75) is 33.1 Å². The van der Waals surface area contributed by atoms with Gasteiger partial charge in [-0.15, -0.1) is 0 Å². The van der Waals surface area contributed by atoms with Crippen molar-refractivity contribution in [3.05, 3.63) is 53.3 Å². The van der Waals surface area contributed by atoms with Crippen molar-refractivity contribution >= 4 is 23.3 Å². The van der Waals surface area contributed by atoms with Crippen LogP contribution in [0.25, 0.3) is 0 Å². The van der Waals surface area contributed by atoms with Crippen LogP contribution in [0.15, 0.2) is 36.5 Å². The molecule has 25 heavy (non-hydrogen) atoms. The normalized spacial score (nSPS) is 11.6. The van der Waals surface area contributed by atoms with E-state index in [1.807, 2.05) is 24.3 Å². The van der Waals surface area contributed by atoms with Gasteiger partial charge in [0.2, 0.25) is 0 Å². The number of ether oxygens (including phenoxy) is 1. The number of nitrogens with one attached hydrogen (secondary N) is 2. The van der Waals surface area contributed by atoms with Crippen LogP contribution in [0, 0.1) is 0 Å². The molecule has 1 amide bonds. The molecule has 0 aliphatic carbocycles. The predicted molar refractivity (Wildman–Crippen MR) is 94.9 cm³/mol. The minimum atomic E-state index is -0.683. The van der Waals surface area contributed by atoms with E-state index < -0.39 is 18.5 Å². The lowest BCUT2D eigenvalue weighted by Crippen LogP contribution is -2.22. The van der Waals surface area contributed by atoms with Gasteiger partial charge in [0.25, 0.3) is 5.91 Å². The highest BCUT2D eigenvalue weighted by Crippen LogP contribution is 2.26. The third kappa shape index (κ3) is 4.79. The van der Waals surface area contributed by atoms with Crippen LogP contribution in [0.5, 0.6) is 0 Å². The van der Waals surface area contributed by atoms with Crippen LogP contribution in [0.4, 0.5) is 5.69 Å². The van der Waals surface area contributed by atoms with Crippen LogP contribution in [0.1, 0.15) is 59.5 Å². The molecule has 132 valence electrons. The summed E-state index contributed by atoms with van der Waals surface area (Å²) in [6.45, 7) is 5.17. The third-order valence-electron chi connectivity index (χ3n) is 4.02. The number of amides is 1. The summed E-state index contributed by atoms with van der Waals surface area (Å²) in [7, 11) is 0. The van der Waals surface area contributed by atoms with E-state index in [0.717, 1.165) is 17.7 Å². The van der Waals surface area contributed by atoms with Crippen LogP contribution in [0.3, 0.4) is 0 Å². The van der Waals surface area contributed by atoms with Crippen LogP contribution >= 0.6 is 0 Å². The number of hydrogen-bond acceptors (Lipinski definition) is 4. The Kier molecular flexibility index (Phi) is 6.11. The maximum atomic E-state index is 12.1. The van der Waals surface area contributed by atoms with Crippen molar-refractivity contribution in [2.75, 3.05) is 11.9 Å². The van der Waals surface area contributed by atoms with Gasteiger partial charge in [0.1, 0.15) is 5.69 Å². The van der Waals surface area contributed by atoms with E-state index in [-0.39, 0.29) is 11.5 Å². The number of H-pyrrole nitrogens is 1. The van der Waals surface area contributed by atoms with E-state index in [1.54, 1.807) is 0 Å². The number of aromatic amines is 1. The van der Waals surface area contributed by atoms with Crippen LogP contribution in [0.2, 0.25) is 0 Å². The highest BCUT2D eigenvalue weighted by atomic mass is 16.5. The van der Waals surface area contributed by atoms with Gasteiger partial charge in [0, 0.05) is 17.4 Å². The Labute approximate surface area is 146 Å². The number of hydrogen-bond donors (Lipinski definition) is 2. The van der Waals surface area contributed by atoms with E-state index >= 15 is 0 Å². The Balaban J connectivity index is 1.94. The molecular formula is C19H22N2O4. The van der Waals surface area contributed by atoms with Gasteiger partial charge in [0.05, 0.1) is 0 Å². The maximum absolute atomic E-state index is 12.1. The first-order valence-electron chi connectivity index (χ1n) is 8.17. The Hall–Kier alpha value is -2.89. The second kappa shape index (κ2) is 8.28. The molecule has 1 aromatic carbocycles. The van der Waals surface area contributed by atoms with Gasteiger partial charge in [0.15, 0.2) is 12.4 Å². The van der Waals surface area contributed by atoms with Crippen LogP contribution in [-0.2, 0) is 9.53 Å². The molecule has 2 rings (SSSR count). The van der Waals surface area contributed by atoms with E-state index in [4.69, 9.17) is 4.74 Å². The van der Waals surface area contributed by atoms with Crippen molar-refractivity contribution < 1.29 is 19.1 Å². The Bertz CT molecular complexity index is 779. The van der Waals surface area contributed by atoms with Crippen LogP contribution < -0.4 is 5.32 Å². The van der Waals surface area contributed by atoms with Crippen molar-refractivity contribution in [3.8, 4) is 0 Å². The van der Waals surface area contributed by atoms with E-state index in [0.29, 0.717) is 11.5 Å². The SMILES string of the molecule is CC[C@H](C)c1ccccc1NC(=O)COC(=O)c1cc(C(C)=O)c[nH]1. The average molecular weight is 342 g/mol. The topological polar surface area (TPSA) is 88.3 Å². The summed E-state index contributed by atoms with van der Waals surface area (Å²) in [4.78, 5) is 37.9. The number of para-hydroxylation sites is 1. The summed E-state index contributed by atoms with van der Waals surface area (Å²) in [6, 6.07) is 8.97. The summed E-state index contributed by atoms with van der Waals surface area (Å²) in [6.07, 6.45) is 2.38. The summed E-state index contributed by atoms with van der Waals surface area (Å²) >= 11 is 0. The lowest BCUT2D eigenvalue weighted by Gasteiger charge is -2.15. The quantitative estimate of drug-likeness (QED) is 0.595. The van der Waals surface area contributed by atoms with Gasteiger partial charge < -0.3 is 15.0 Å². The summed E-state index contributed by atoms with van der Waals surface area (Å²) in [5.41, 5.74) is 2.29. The molecule has 2 N–H and O–H groups in total. The van der Waals surface area contributed by atoms with Gasteiger partial charge in [-0.1, -0.05) is 32.0 Å². The molecule has 0 unspecified atom stereocenters. The first-order valence-corrected chi connectivity index (χ1v) is 8.17. The highest BCUT2D eigenvalue weighted by molar-refractivity contribution is 5.98. The van der Waals surface area contributed by atoms with Gasteiger partial charge in [-0.3, -0.25) is 9.59 Å². The second-order valence-electron chi connectivity index (χ2n) is 5.88. The lowest BCUT2D eigenvalue weighted by atomic mass is 9.97. The third-order valence-corrected chi connectivity index (χ3v) is 4.02. The van der Waals surface area contributed by atoms with Gasteiger partial charge in [-0.05, 0) is 37.0 Å². The molecule has 6 nitrogen and oxygen atoms in total. The number of carbonyl (C=O) groups is 3. The molecule has 0 radical (unpaired) electrons. The van der Waals surface area contributed by atoms with Gasteiger partial charge in [-0.25, -0.2) is 4.79 Å². The number of benzene rings is 1. The molecule has 0 saturated carbocycles. The lowest BCUT2D eigenvalue weighted by molar-refractivity contribution is -0.119. The Morgan fingerprint density at radius 2 is 1.96 bits per heavy atom. The maximum Gasteiger partial charge on any atom is 0.355 e. The zero-order valence-electron chi connectivity index (χ0n) is 14.6. The molecular weight excluding hydrogens is 320 g/mol. The summed E-state index contributed by atoms with van der Waals surface area (Å²) < 4.78 is 4.99. The number of ketones is 1.